The van der Waals surface area contributed by atoms with Gasteiger partial charge in [-0.25, -0.2) is 14.4 Å². The summed E-state index contributed by atoms with van der Waals surface area (Å²) in [6.45, 7) is 0. The zero-order valence-corrected chi connectivity index (χ0v) is 12.0. The summed E-state index contributed by atoms with van der Waals surface area (Å²) in [7, 11) is 0. The number of halogens is 1. The minimum atomic E-state index is -0.534. The van der Waals surface area contributed by atoms with Crippen molar-refractivity contribution >= 4 is 11.7 Å². The molecular formula is C17H13FN4O. The molecule has 0 radical (unpaired) electrons. The number of benzene rings is 2. The summed E-state index contributed by atoms with van der Waals surface area (Å²) < 4.78 is 13.0. The fourth-order valence-electron chi connectivity index (χ4n) is 2.19. The molecule has 0 saturated heterocycles. The van der Waals surface area contributed by atoms with E-state index >= 15 is 0 Å². The van der Waals surface area contributed by atoms with Gasteiger partial charge in [0.25, 0.3) is 0 Å². The van der Waals surface area contributed by atoms with E-state index in [1.807, 2.05) is 0 Å². The molecule has 0 aliphatic carbocycles. The molecule has 5 nitrogen and oxygen atoms in total. The Balaban J connectivity index is 2.09. The van der Waals surface area contributed by atoms with Crippen LogP contribution in [0.15, 0.2) is 54.7 Å². The standard InChI is InChI=1S/C17H13FN4O/c18-13-6-4-10(5-7-13)14-9-21-16(19)15(22-14)11-2-1-3-12(8-11)17(20)23/h1-9H,(H2,19,21)(H2,20,23). The van der Waals surface area contributed by atoms with Crippen LogP contribution >= 0.6 is 0 Å². The van der Waals surface area contributed by atoms with E-state index in [2.05, 4.69) is 9.97 Å². The van der Waals surface area contributed by atoms with Crippen molar-refractivity contribution in [3.8, 4) is 22.5 Å². The third-order valence-electron chi connectivity index (χ3n) is 3.36. The number of nitrogens with zero attached hydrogens (tertiary/aromatic N) is 2. The molecule has 1 aromatic heterocycles. The number of carbonyl (C=O) groups excluding carboxylic acids is 1. The summed E-state index contributed by atoms with van der Waals surface area (Å²) in [5, 5.41) is 0. The maximum absolute atomic E-state index is 13.0. The molecule has 4 N–H and O–H groups in total. The Morgan fingerprint density at radius 3 is 2.48 bits per heavy atom. The lowest BCUT2D eigenvalue weighted by Crippen LogP contribution is -2.10. The van der Waals surface area contributed by atoms with Gasteiger partial charge in [0.05, 0.1) is 11.9 Å². The van der Waals surface area contributed by atoms with Crippen LogP contribution in [0.2, 0.25) is 0 Å². The molecule has 0 spiro atoms. The predicted octanol–water partition coefficient (Wildman–Crippen LogP) is 2.63. The number of primary amides is 1. The second kappa shape index (κ2) is 5.84. The van der Waals surface area contributed by atoms with Gasteiger partial charge in [-0.2, -0.15) is 0 Å². The second-order valence-corrected chi connectivity index (χ2v) is 4.94. The number of amides is 1. The molecule has 0 saturated carbocycles. The van der Waals surface area contributed by atoms with E-state index in [-0.39, 0.29) is 11.6 Å². The fourth-order valence-corrected chi connectivity index (χ4v) is 2.19. The molecule has 3 rings (SSSR count). The smallest absolute Gasteiger partial charge is 0.248 e. The highest BCUT2D eigenvalue weighted by Crippen LogP contribution is 2.26. The Labute approximate surface area is 131 Å². The van der Waals surface area contributed by atoms with Crippen LogP contribution in [-0.2, 0) is 0 Å². The molecule has 0 bridgehead atoms. The fraction of sp³-hybridized carbons (Fsp3) is 0. The average Bonchev–Trinajstić information content (AvgIpc) is 2.56. The van der Waals surface area contributed by atoms with E-state index in [1.165, 1.54) is 18.3 Å². The largest absolute Gasteiger partial charge is 0.382 e. The molecule has 0 aliphatic heterocycles. The lowest BCUT2D eigenvalue weighted by molar-refractivity contribution is 0.100. The van der Waals surface area contributed by atoms with Gasteiger partial charge in [-0.15, -0.1) is 0 Å². The lowest BCUT2D eigenvalue weighted by atomic mass is 10.1. The average molecular weight is 308 g/mol. The summed E-state index contributed by atoms with van der Waals surface area (Å²) in [5.41, 5.74) is 13.9. The molecule has 0 fully saturated rings. The van der Waals surface area contributed by atoms with E-state index in [0.717, 1.165) is 0 Å². The van der Waals surface area contributed by atoms with Gasteiger partial charge in [0.15, 0.2) is 0 Å². The molecule has 2 aromatic carbocycles. The minimum absolute atomic E-state index is 0.234. The van der Waals surface area contributed by atoms with Crippen LogP contribution in [0.5, 0.6) is 0 Å². The molecule has 3 aromatic rings. The van der Waals surface area contributed by atoms with Crippen LogP contribution in [0.1, 0.15) is 10.4 Å². The zero-order chi connectivity index (χ0) is 16.4. The first-order valence-electron chi connectivity index (χ1n) is 6.83. The Hall–Kier alpha value is -3.28. The Bertz CT molecular complexity index is 878. The van der Waals surface area contributed by atoms with Crippen molar-refractivity contribution in [2.45, 2.75) is 0 Å². The molecule has 114 valence electrons. The van der Waals surface area contributed by atoms with Crippen molar-refractivity contribution in [3.63, 3.8) is 0 Å². The molecule has 23 heavy (non-hydrogen) atoms. The van der Waals surface area contributed by atoms with E-state index in [9.17, 15) is 9.18 Å². The first-order chi connectivity index (χ1) is 11.0. The van der Waals surface area contributed by atoms with Crippen molar-refractivity contribution in [1.29, 1.82) is 0 Å². The van der Waals surface area contributed by atoms with Crippen LogP contribution in [0.4, 0.5) is 10.2 Å². The number of carbonyl (C=O) groups is 1. The summed E-state index contributed by atoms with van der Waals surface area (Å²) in [5.74, 6) is -0.628. The van der Waals surface area contributed by atoms with Crippen LogP contribution in [-0.4, -0.2) is 15.9 Å². The number of aromatic nitrogens is 2. The topological polar surface area (TPSA) is 94.9 Å². The predicted molar refractivity (Wildman–Crippen MR) is 85.8 cm³/mol. The van der Waals surface area contributed by atoms with Crippen molar-refractivity contribution < 1.29 is 9.18 Å². The van der Waals surface area contributed by atoms with Crippen molar-refractivity contribution in [1.82, 2.24) is 9.97 Å². The molecule has 1 amide bonds. The van der Waals surface area contributed by atoms with Gasteiger partial charge in [-0.05, 0) is 36.4 Å². The Morgan fingerprint density at radius 1 is 1.04 bits per heavy atom. The van der Waals surface area contributed by atoms with Crippen LogP contribution < -0.4 is 11.5 Å². The van der Waals surface area contributed by atoms with Crippen LogP contribution in [0.3, 0.4) is 0 Å². The van der Waals surface area contributed by atoms with Gasteiger partial charge < -0.3 is 11.5 Å². The molecule has 0 aliphatic rings. The first kappa shape index (κ1) is 14.6. The van der Waals surface area contributed by atoms with E-state index in [0.29, 0.717) is 28.1 Å². The number of nitrogens with two attached hydrogens (primary N) is 2. The highest BCUT2D eigenvalue weighted by molar-refractivity contribution is 5.94. The number of rotatable bonds is 3. The van der Waals surface area contributed by atoms with Crippen LogP contribution in [0, 0.1) is 5.82 Å². The van der Waals surface area contributed by atoms with E-state index < -0.39 is 5.91 Å². The monoisotopic (exact) mass is 308 g/mol. The lowest BCUT2D eigenvalue weighted by Gasteiger charge is -2.08. The van der Waals surface area contributed by atoms with Gasteiger partial charge in [-0.3, -0.25) is 4.79 Å². The van der Waals surface area contributed by atoms with Crippen molar-refractivity contribution in [2.24, 2.45) is 5.73 Å². The van der Waals surface area contributed by atoms with E-state index in [4.69, 9.17) is 11.5 Å². The third kappa shape index (κ3) is 3.01. The summed E-state index contributed by atoms with van der Waals surface area (Å²) >= 11 is 0. The molecule has 6 heteroatoms. The molecular weight excluding hydrogens is 295 g/mol. The van der Waals surface area contributed by atoms with Gasteiger partial charge in [0.2, 0.25) is 5.91 Å². The first-order valence-corrected chi connectivity index (χ1v) is 6.83. The normalized spacial score (nSPS) is 10.5. The highest BCUT2D eigenvalue weighted by atomic mass is 19.1. The van der Waals surface area contributed by atoms with Gasteiger partial charge in [0.1, 0.15) is 17.3 Å². The maximum Gasteiger partial charge on any atom is 0.248 e. The third-order valence-corrected chi connectivity index (χ3v) is 3.36. The second-order valence-electron chi connectivity index (χ2n) is 4.94. The molecule has 0 atom stereocenters. The molecule has 0 unspecified atom stereocenters. The SMILES string of the molecule is NC(=O)c1cccc(-c2nc(-c3ccc(F)cc3)cnc2N)c1. The molecule has 1 heterocycles. The van der Waals surface area contributed by atoms with Crippen LogP contribution in [0.25, 0.3) is 22.5 Å². The number of nitrogen functional groups attached to an aromatic ring is 1. The van der Waals surface area contributed by atoms with Crippen molar-refractivity contribution in [2.75, 3.05) is 5.73 Å². The summed E-state index contributed by atoms with van der Waals surface area (Å²) in [6.07, 6.45) is 1.52. The van der Waals surface area contributed by atoms with Gasteiger partial charge in [-0.1, -0.05) is 12.1 Å². The Kier molecular flexibility index (Phi) is 3.72. The summed E-state index contributed by atoms with van der Waals surface area (Å²) in [6, 6.07) is 12.6. The number of anilines is 1. The Morgan fingerprint density at radius 2 is 1.78 bits per heavy atom. The summed E-state index contributed by atoms with van der Waals surface area (Å²) in [4.78, 5) is 19.9. The zero-order valence-electron chi connectivity index (χ0n) is 12.0. The van der Waals surface area contributed by atoms with E-state index in [1.54, 1.807) is 36.4 Å². The highest BCUT2D eigenvalue weighted by Gasteiger charge is 2.11. The number of hydrogen-bond donors (Lipinski definition) is 2. The van der Waals surface area contributed by atoms with Gasteiger partial charge >= 0.3 is 0 Å². The number of hydrogen-bond acceptors (Lipinski definition) is 4. The van der Waals surface area contributed by atoms with Crippen molar-refractivity contribution in [3.05, 3.63) is 66.1 Å². The quantitative estimate of drug-likeness (QED) is 0.777. The van der Waals surface area contributed by atoms with Gasteiger partial charge in [0, 0.05) is 16.7 Å². The minimum Gasteiger partial charge on any atom is -0.382 e. The maximum atomic E-state index is 13.0.